The smallest absolute Gasteiger partial charge is 0.418 e. The summed E-state index contributed by atoms with van der Waals surface area (Å²) in [5.41, 5.74) is 0.825. The molecule has 0 amide bonds. The average molecular weight is 304 g/mol. The molecule has 2 aromatic rings. The van der Waals surface area contributed by atoms with Gasteiger partial charge in [0.2, 0.25) is 0 Å². The Morgan fingerprint density at radius 1 is 1.27 bits per heavy atom. The van der Waals surface area contributed by atoms with Crippen molar-refractivity contribution in [2.45, 2.75) is 26.4 Å². The first-order chi connectivity index (χ1) is 10.5. The van der Waals surface area contributed by atoms with Crippen LogP contribution in [0.3, 0.4) is 0 Å². The van der Waals surface area contributed by atoms with Crippen LogP contribution in [0.4, 0.5) is 4.79 Å². The summed E-state index contributed by atoms with van der Waals surface area (Å²) in [5, 5.41) is 0.964. The molecule has 0 aliphatic carbocycles. The molecule has 0 unspecified atom stereocenters. The fraction of sp³-hybridized carbons (Fsp3) is 0.471. The molecular weight excluding hydrogens is 280 g/mol. The topological polar surface area (TPSA) is 43.7 Å². The average Bonchev–Trinajstić information content (AvgIpc) is 2.85. The van der Waals surface area contributed by atoms with Crippen molar-refractivity contribution in [1.29, 1.82) is 0 Å². The first-order valence-electron chi connectivity index (χ1n) is 7.57. The molecule has 0 aliphatic heterocycles. The van der Waals surface area contributed by atoms with Gasteiger partial charge in [0.05, 0.1) is 18.2 Å². The number of rotatable bonds is 6. The van der Waals surface area contributed by atoms with Gasteiger partial charge in [-0.1, -0.05) is 0 Å². The standard InChI is InChI=1S/C17H24N2O3/c1-13(2)22-17(20)19-10-8-14-12-15(6-7-16(14)19)21-11-5-9-18(3)4/h6-8,10,12-13H,5,9,11H2,1-4H3. The minimum Gasteiger partial charge on any atom is -0.494 e. The van der Waals surface area contributed by atoms with E-state index >= 15 is 0 Å². The predicted octanol–water partition coefficient (Wildman–Crippen LogP) is 3.36. The number of fused-ring (bicyclic) bond motifs is 1. The molecule has 0 radical (unpaired) electrons. The van der Waals surface area contributed by atoms with E-state index in [9.17, 15) is 4.79 Å². The van der Waals surface area contributed by atoms with Gasteiger partial charge < -0.3 is 14.4 Å². The predicted molar refractivity (Wildman–Crippen MR) is 87.6 cm³/mol. The molecule has 0 aliphatic rings. The molecule has 0 N–H and O–H groups in total. The monoisotopic (exact) mass is 304 g/mol. The van der Waals surface area contributed by atoms with Gasteiger partial charge >= 0.3 is 6.09 Å². The minimum absolute atomic E-state index is 0.135. The summed E-state index contributed by atoms with van der Waals surface area (Å²) in [5.74, 6) is 0.821. The lowest BCUT2D eigenvalue weighted by atomic mass is 10.2. The second-order valence-electron chi connectivity index (χ2n) is 5.84. The summed E-state index contributed by atoms with van der Waals surface area (Å²) < 4.78 is 12.5. The molecule has 1 aromatic heterocycles. The van der Waals surface area contributed by atoms with Crippen molar-refractivity contribution in [3.8, 4) is 5.75 Å². The fourth-order valence-corrected chi connectivity index (χ4v) is 2.20. The van der Waals surface area contributed by atoms with Crippen molar-refractivity contribution in [1.82, 2.24) is 9.47 Å². The van der Waals surface area contributed by atoms with Gasteiger partial charge in [-0.2, -0.15) is 0 Å². The van der Waals surface area contributed by atoms with Gasteiger partial charge in [0.1, 0.15) is 5.75 Å². The first kappa shape index (κ1) is 16.4. The Labute approximate surface area is 131 Å². The maximum Gasteiger partial charge on any atom is 0.418 e. The third-order valence-corrected chi connectivity index (χ3v) is 3.21. The fourth-order valence-electron chi connectivity index (χ4n) is 2.20. The highest BCUT2D eigenvalue weighted by molar-refractivity contribution is 5.90. The summed E-state index contributed by atoms with van der Waals surface area (Å²) >= 11 is 0. The van der Waals surface area contributed by atoms with Gasteiger partial charge in [-0.25, -0.2) is 4.79 Å². The molecule has 0 spiro atoms. The summed E-state index contributed by atoms with van der Waals surface area (Å²) in [6, 6.07) is 7.61. The van der Waals surface area contributed by atoms with E-state index < -0.39 is 0 Å². The van der Waals surface area contributed by atoms with Crippen LogP contribution in [-0.2, 0) is 4.74 Å². The van der Waals surface area contributed by atoms with Crippen LogP contribution in [0.2, 0.25) is 0 Å². The van der Waals surface area contributed by atoms with Gasteiger partial charge in [0.25, 0.3) is 0 Å². The van der Waals surface area contributed by atoms with Gasteiger partial charge in [-0.15, -0.1) is 0 Å². The normalized spacial score (nSPS) is 11.4. The Morgan fingerprint density at radius 2 is 2.05 bits per heavy atom. The molecule has 0 saturated heterocycles. The molecule has 2 rings (SSSR count). The lowest BCUT2D eigenvalue weighted by molar-refractivity contribution is 0.118. The summed E-state index contributed by atoms with van der Waals surface area (Å²) in [4.78, 5) is 14.1. The van der Waals surface area contributed by atoms with Crippen molar-refractivity contribution in [2.24, 2.45) is 0 Å². The van der Waals surface area contributed by atoms with Gasteiger partial charge in [0, 0.05) is 18.1 Å². The molecular formula is C17H24N2O3. The van der Waals surface area contributed by atoms with Crippen LogP contribution in [0.5, 0.6) is 5.75 Å². The third-order valence-electron chi connectivity index (χ3n) is 3.21. The highest BCUT2D eigenvalue weighted by Crippen LogP contribution is 2.22. The number of nitrogens with zero attached hydrogens (tertiary/aromatic N) is 2. The summed E-state index contributed by atoms with van der Waals surface area (Å²) in [6.07, 6.45) is 2.21. The van der Waals surface area contributed by atoms with Crippen LogP contribution >= 0.6 is 0 Å². The SMILES string of the molecule is CC(C)OC(=O)n1ccc2cc(OCCCN(C)C)ccc21. The molecule has 0 fully saturated rings. The zero-order valence-corrected chi connectivity index (χ0v) is 13.7. The molecule has 0 bridgehead atoms. The summed E-state index contributed by atoms with van der Waals surface area (Å²) in [7, 11) is 4.09. The van der Waals surface area contributed by atoms with E-state index in [1.807, 2.05) is 52.2 Å². The lowest BCUT2D eigenvalue weighted by Gasteiger charge is -2.11. The summed E-state index contributed by atoms with van der Waals surface area (Å²) in [6.45, 7) is 5.35. The van der Waals surface area contributed by atoms with Crippen LogP contribution in [0.1, 0.15) is 20.3 Å². The zero-order chi connectivity index (χ0) is 16.1. The zero-order valence-electron chi connectivity index (χ0n) is 13.7. The third kappa shape index (κ3) is 4.24. The highest BCUT2D eigenvalue weighted by Gasteiger charge is 2.12. The number of hydrogen-bond acceptors (Lipinski definition) is 4. The number of benzene rings is 1. The molecule has 5 heteroatoms. The van der Waals surface area contributed by atoms with Crippen LogP contribution in [0, 0.1) is 0 Å². The van der Waals surface area contributed by atoms with E-state index in [0.29, 0.717) is 6.61 Å². The van der Waals surface area contributed by atoms with Crippen molar-refractivity contribution >= 4 is 17.0 Å². The van der Waals surface area contributed by atoms with Crippen molar-refractivity contribution in [2.75, 3.05) is 27.2 Å². The van der Waals surface area contributed by atoms with E-state index in [2.05, 4.69) is 4.90 Å². The molecule has 5 nitrogen and oxygen atoms in total. The Bertz CT molecular complexity index is 632. The van der Waals surface area contributed by atoms with Crippen molar-refractivity contribution < 1.29 is 14.3 Å². The van der Waals surface area contributed by atoms with Gasteiger partial charge in [-0.05, 0) is 58.6 Å². The molecule has 1 heterocycles. The van der Waals surface area contributed by atoms with Gasteiger partial charge in [-0.3, -0.25) is 4.57 Å². The first-order valence-corrected chi connectivity index (χ1v) is 7.57. The highest BCUT2D eigenvalue weighted by atomic mass is 16.6. The Morgan fingerprint density at radius 3 is 2.73 bits per heavy atom. The Kier molecular flexibility index (Phi) is 5.44. The number of carbonyl (C=O) groups is 1. The van der Waals surface area contributed by atoms with E-state index in [1.165, 1.54) is 4.57 Å². The maximum absolute atomic E-state index is 12.0. The number of aromatic nitrogens is 1. The van der Waals surface area contributed by atoms with Crippen LogP contribution in [-0.4, -0.2) is 48.9 Å². The van der Waals surface area contributed by atoms with Crippen LogP contribution < -0.4 is 4.74 Å². The lowest BCUT2D eigenvalue weighted by Crippen LogP contribution is -2.17. The van der Waals surface area contributed by atoms with E-state index in [4.69, 9.17) is 9.47 Å². The van der Waals surface area contributed by atoms with Crippen LogP contribution in [0.25, 0.3) is 10.9 Å². The van der Waals surface area contributed by atoms with Crippen molar-refractivity contribution in [3.63, 3.8) is 0 Å². The van der Waals surface area contributed by atoms with E-state index in [0.717, 1.165) is 29.6 Å². The Hall–Kier alpha value is -2.01. The second-order valence-corrected chi connectivity index (χ2v) is 5.84. The molecule has 0 atom stereocenters. The van der Waals surface area contributed by atoms with Crippen molar-refractivity contribution in [3.05, 3.63) is 30.5 Å². The molecule has 22 heavy (non-hydrogen) atoms. The maximum atomic E-state index is 12.0. The van der Waals surface area contributed by atoms with E-state index in [1.54, 1.807) is 6.20 Å². The number of hydrogen-bond donors (Lipinski definition) is 0. The second kappa shape index (κ2) is 7.31. The number of ether oxygens (including phenoxy) is 2. The quantitative estimate of drug-likeness (QED) is 0.768. The molecule has 1 aromatic carbocycles. The molecule has 0 saturated carbocycles. The Balaban J connectivity index is 2.04. The van der Waals surface area contributed by atoms with Crippen LogP contribution in [0.15, 0.2) is 30.5 Å². The molecule has 120 valence electrons. The largest absolute Gasteiger partial charge is 0.494 e. The number of carbonyl (C=O) groups excluding carboxylic acids is 1. The van der Waals surface area contributed by atoms with E-state index in [-0.39, 0.29) is 12.2 Å². The van der Waals surface area contributed by atoms with Gasteiger partial charge in [0.15, 0.2) is 0 Å². The minimum atomic E-state index is -0.357.